The maximum Gasteiger partial charge on any atom is 0.394 e. The average Bonchev–Trinajstić information content (AvgIpc) is 2.77. The number of aromatic nitrogens is 5. The lowest BCUT2D eigenvalue weighted by atomic mass is 9.34. The second kappa shape index (κ2) is 7.56. The van der Waals surface area contributed by atoms with E-state index in [0.717, 1.165) is 17.0 Å². The van der Waals surface area contributed by atoms with Gasteiger partial charge in [-0.15, -0.1) is 0 Å². The van der Waals surface area contributed by atoms with Gasteiger partial charge in [0.15, 0.2) is 5.65 Å². The number of methoxy groups -OCH3 is 1. The van der Waals surface area contributed by atoms with Crippen molar-refractivity contribution in [3.05, 3.63) is 46.8 Å². The molecule has 3 aliphatic carbocycles. The van der Waals surface area contributed by atoms with E-state index in [1.54, 1.807) is 13.3 Å². The lowest BCUT2D eigenvalue weighted by molar-refractivity contribution is -0.337. The molecule has 3 aromatic rings. The van der Waals surface area contributed by atoms with Crippen molar-refractivity contribution in [3.63, 3.8) is 0 Å². The van der Waals surface area contributed by atoms with Gasteiger partial charge in [-0.25, -0.2) is 24.9 Å². The van der Waals surface area contributed by atoms with Crippen LogP contribution in [0.15, 0.2) is 18.3 Å². The van der Waals surface area contributed by atoms with Crippen LogP contribution in [-0.2, 0) is 10.2 Å². The molecule has 0 N–H and O–H groups in total. The van der Waals surface area contributed by atoms with Crippen molar-refractivity contribution in [1.29, 1.82) is 0 Å². The Morgan fingerprint density at radius 1 is 1.06 bits per heavy atom. The molecule has 1 aliphatic heterocycles. The van der Waals surface area contributed by atoms with Gasteiger partial charge in [0, 0.05) is 29.7 Å². The number of nitrogens with zero attached hydrogens (tertiary/aromatic N) is 5. The topological polar surface area (TPSA) is 82.9 Å². The summed E-state index contributed by atoms with van der Waals surface area (Å²) in [5, 5.41) is 0. The van der Waals surface area contributed by atoms with Crippen molar-refractivity contribution in [2.24, 2.45) is 5.41 Å². The summed E-state index contributed by atoms with van der Waals surface area (Å²) < 4.78 is 52.2. The molecule has 2 atom stereocenters. The molecule has 35 heavy (non-hydrogen) atoms. The molecule has 0 unspecified atom stereocenters. The second-order valence-electron chi connectivity index (χ2n) is 10.3. The maximum absolute atomic E-state index is 13.6. The van der Waals surface area contributed by atoms with Gasteiger partial charge in [-0.05, 0) is 58.1 Å². The van der Waals surface area contributed by atoms with Crippen LogP contribution in [0.3, 0.4) is 0 Å². The highest BCUT2D eigenvalue weighted by molar-refractivity contribution is 5.75. The standard InChI is InChI=1S/C25H26F3N5O2/c1-13-14(2)31-21-18(30-13)19(23-10-24(11-23,12-23)25(26,27)28)32-20(33-21)15-6-8-35-17(9-15)16-5-4-7-29-22(16)34-3/h4-5,7,15,17H,6,8-12H2,1-3H3/t15-,17+,23?,24?/m0/s1. The Balaban J connectivity index is 1.39. The fourth-order valence-corrected chi connectivity index (χ4v) is 6.09. The Morgan fingerprint density at radius 2 is 1.80 bits per heavy atom. The van der Waals surface area contributed by atoms with Gasteiger partial charge in [-0.3, -0.25) is 0 Å². The quantitative estimate of drug-likeness (QED) is 0.511. The summed E-state index contributed by atoms with van der Waals surface area (Å²) >= 11 is 0. The molecule has 2 bridgehead atoms. The van der Waals surface area contributed by atoms with E-state index in [0.29, 0.717) is 48.0 Å². The predicted molar refractivity (Wildman–Crippen MR) is 120 cm³/mol. The molecule has 4 fully saturated rings. The third kappa shape index (κ3) is 3.32. The SMILES string of the molecule is COc1ncccc1[C@H]1C[C@@H](c2nc(C34CC(C(F)(F)F)(C3)C4)c3nc(C)c(C)nc3n2)CCO1. The van der Waals surface area contributed by atoms with Gasteiger partial charge in [0.05, 0.1) is 35.7 Å². The van der Waals surface area contributed by atoms with Crippen LogP contribution < -0.4 is 4.74 Å². The number of halogens is 3. The molecule has 0 radical (unpaired) electrons. The molecule has 0 amide bonds. The molecule has 3 aromatic heterocycles. The second-order valence-corrected chi connectivity index (χ2v) is 10.3. The van der Waals surface area contributed by atoms with Crippen LogP contribution in [0.2, 0.25) is 0 Å². The summed E-state index contributed by atoms with van der Waals surface area (Å²) in [7, 11) is 1.57. The number of ether oxygens (including phenoxy) is 2. The summed E-state index contributed by atoms with van der Waals surface area (Å²) in [5.41, 5.74) is 1.80. The van der Waals surface area contributed by atoms with Crippen LogP contribution in [0.5, 0.6) is 5.88 Å². The monoisotopic (exact) mass is 485 g/mol. The lowest BCUT2D eigenvalue weighted by Gasteiger charge is -2.70. The minimum atomic E-state index is -4.19. The molecular formula is C25H26F3N5O2. The van der Waals surface area contributed by atoms with Crippen LogP contribution in [0.4, 0.5) is 13.2 Å². The van der Waals surface area contributed by atoms with Gasteiger partial charge < -0.3 is 9.47 Å². The summed E-state index contributed by atoms with van der Waals surface area (Å²) in [6, 6.07) is 3.77. The number of rotatable bonds is 4. The van der Waals surface area contributed by atoms with E-state index >= 15 is 0 Å². The third-order valence-electron chi connectivity index (χ3n) is 8.08. The molecule has 4 aliphatic rings. The fraction of sp³-hybridized carbons (Fsp3) is 0.560. The first kappa shape index (κ1) is 22.6. The summed E-state index contributed by atoms with van der Waals surface area (Å²) in [6.45, 7) is 4.22. The van der Waals surface area contributed by atoms with Crippen molar-refractivity contribution in [2.45, 2.75) is 69.6 Å². The van der Waals surface area contributed by atoms with Crippen molar-refractivity contribution < 1.29 is 22.6 Å². The smallest absolute Gasteiger partial charge is 0.394 e. The zero-order valence-corrected chi connectivity index (χ0v) is 19.8. The molecule has 184 valence electrons. The van der Waals surface area contributed by atoms with Crippen LogP contribution >= 0.6 is 0 Å². The molecule has 0 spiro atoms. The Bertz CT molecular complexity index is 1310. The number of fused-ring (bicyclic) bond motifs is 1. The molecule has 1 saturated heterocycles. The molecule has 4 heterocycles. The minimum absolute atomic E-state index is 0.0332. The fourth-order valence-electron chi connectivity index (χ4n) is 6.09. The van der Waals surface area contributed by atoms with Crippen LogP contribution in [0.1, 0.15) is 72.6 Å². The van der Waals surface area contributed by atoms with Crippen molar-refractivity contribution in [1.82, 2.24) is 24.9 Å². The van der Waals surface area contributed by atoms with E-state index in [-0.39, 0.29) is 31.3 Å². The van der Waals surface area contributed by atoms with Gasteiger partial charge in [-0.1, -0.05) is 0 Å². The number of hydrogen-bond donors (Lipinski definition) is 0. The van der Waals surface area contributed by atoms with E-state index in [1.807, 2.05) is 26.0 Å². The van der Waals surface area contributed by atoms with E-state index in [4.69, 9.17) is 19.4 Å². The van der Waals surface area contributed by atoms with Crippen LogP contribution in [0, 0.1) is 19.3 Å². The van der Waals surface area contributed by atoms with Gasteiger partial charge in [-0.2, -0.15) is 13.2 Å². The molecule has 7 rings (SSSR count). The molecule has 3 saturated carbocycles. The van der Waals surface area contributed by atoms with Gasteiger partial charge in [0.25, 0.3) is 0 Å². The first-order valence-corrected chi connectivity index (χ1v) is 11.9. The summed E-state index contributed by atoms with van der Waals surface area (Å²) in [6.07, 6.45) is -1.24. The lowest BCUT2D eigenvalue weighted by Crippen LogP contribution is -2.70. The number of alkyl halides is 3. The Hall–Kier alpha value is -2.88. The van der Waals surface area contributed by atoms with Crippen LogP contribution in [0.25, 0.3) is 11.2 Å². The number of hydrogen-bond acceptors (Lipinski definition) is 7. The van der Waals surface area contributed by atoms with Crippen molar-refractivity contribution >= 4 is 11.2 Å². The van der Waals surface area contributed by atoms with E-state index in [2.05, 4.69) is 15.0 Å². The highest BCUT2D eigenvalue weighted by Crippen LogP contribution is 2.78. The Labute approximate surface area is 200 Å². The zero-order chi connectivity index (χ0) is 24.6. The van der Waals surface area contributed by atoms with Crippen molar-refractivity contribution in [2.75, 3.05) is 13.7 Å². The largest absolute Gasteiger partial charge is 0.481 e. The predicted octanol–water partition coefficient (Wildman–Crippen LogP) is 5.06. The molecule has 10 heteroatoms. The first-order chi connectivity index (χ1) is 16.6. The van der Waals surface area contributed by atoms with E-state index < -0.39 is 17.0 Å². The average molecular weight is 486 g/mol. The molecule has 7 nitrogen and oxygen atoms in total. The number of pyridine rings is 1. The third-order valence-corrected chi connectivity index (χ3v) is 8.08. The van der Waals surface area contributed by atoms with E-state index in [1.165, 1.54) is 0 Å². The zero-order valence-electron chi connectivity index (χ0n) is 19.8. The van der Waals surface area contributed by atoms with E-state index in [9.17, 15) is 13.2 Å². The number of aryl methyl sites for hydroxylation is 2. The summed E-state index contributed by atoms with van der Waals surface area (Å²) in [4.78, 5) is 23.3. The normalized spacial score (nSPS) is 30.0. The highest BCUT2D eigenvalue weighted by Gasteiger charge is 2.79. The summed E-state index contributed by atoms with van der Waals surface area (Å²) in [5.74, 6) is 1.09. The van der Waals surface area contributed by atoms with Gasteiger partial charge in [0.1, 0.15) is 11.3 Å². The van der Waals surface area contributed by atoms with Gasteiger partial charge >= 0.3 is 6.18 Å². The van der Waals surface area contributed by atoms with Crippen molar-refractivity contribution in [3.8, 4) is 5.88 Å². The highest BCUT2D eigenvalue weighted by atomic mass is 19.4. The Kier molecular flexibility index (Phi) is 4.87. The Morgan fingerprint density at radius 3 is 2.51 bits per heavy atom. The van der Waals surface area contributed by atoms with Gasteiger partial charge in [0.2, 0.25) is 5.88 Å². The first-order valence-electron chi connectivity index (χ1n) is 11.9. The maximum atomic E-state index is 13.6. The molecule has 0 aromatic carbocycles. The van der Waals surface area contributed by atoms with Crippen LogP contribution in [-0.4, -0.2) is 44.8 Å². The molecular weight excluding hydrogens is 459 g/mol. The minimum Gasteiger partial charge on any atom is -0.481 e.